The zero-order valence-corrected chi connectivity index (χ0v) is 18.7. The fraction of sp³-hybridized carbons (Fsp3) is 0.0833. The first-order valence-electron chi connectivity index (χ1n) is 10.4. The molecule has 0 saturated carbocycles. The highest BCUT2D eigenvalue weighted by molar-refractivity contribution is 7.92. The van der Waals surface area contributed by atoms with Crippen molar-refractivity contribution in [2.75, 3.05) is 23.3 Å². The smallest absolute Gasteiger partial charge is 0.262 e. The number of carbonyl (C=O) groups is 1. The highest BCUT2D eigenvalue weighted by atomic mass is 32.2. The Hall–Kier alpha value is -4.31. The molecule has 1 aliphatic rings. The molecular weight excluding hydrogens is 456 g/mol. The summed E-state index contributed by atoms with van der Waals surface area (Å²) in [6, 6.07) is 19.7. The Bertz CT molecular complexity index is 1420. The van der Waals surface area contributed by atoms with Crippen molar-refractivity contribution in [2.45, 2.75) is 4.90 Å². The molecule has 0 atom stereocenters. The zero-order valence-electron chi connectivity index (χ0n) is 17.8. The van der Waals surface area contributed by atoms with Gasteiger partial charge < -0.3 is 14.8 Å². The summed E-state index contributed by atoms with van der Waals surface area (Å²) in [5.74, 6) is 0.628. The van der Waals surface area contributed by atoms with E-state index in [4.69, 9.17) is 9.47 Å². The van der Waals surface area contributed by atoms with E-state index in [-0.39, 0.29) is 10.8 Å². The molecule has 3 aromatic carbocycles. The van der Waals surface area contributed by atoms with Gasteiger partial charge >= 0.3 is 0 Å². The number of aromatic nitrogens is 2. The van der Waals surface area contributed by atoms with Gasteiger partial charge in [0.1, 0.15) is 13.2 Å². The highest BCUT2D eigenvalue weighted by Gasteiger charge is 2.19. The Labute approximate surface area is 196 Å². The van der Waals surface area contributed by atoms with Crippen molar-refractivity contribution in [3.63, 3.8) is 0 Å². The second-order valence-electron chi connectivity index (χ2n) is 7.44. The van der Waals surface area contributed by atoms with Crippen molar-refractivity contribution in [3.05, 3.63) is 90.8 Å². The molecule has 0 radical (unpaired) electrons. The van der Waals surface area contributed by atoms with Gasteiger partial charge in [-0.1, -0.05) is 0 Å². The number of amides is 1. The van der Waals surface area contributed by atoms with Gasteiger partial charge in [0.05, 0.1) is 10.6 Å². The van der Waals surface area contributed by atoms with Crippen molar-refractivity contribution in [2.24, 2.45) is 0 Å². The van der Waals surface area contributed by atoms with Crippen LogP contribution in [0.2, 0.25) is 0 Å². The molecule has 2 heterocycles. The third kappa shape index (κ3) is 4.57. The first kappa shape index (κ1) is 21.5. The topological polar surface area (TPSA) is 112 Å². The van der Waals surface area contributed by atoms with E-state index in [0.29, 0.717) is 41.7 Å². The fourth-order valence-electron chi connectivity index (χ4n) is 3.42. The molecule has 4 aromatic rings. The minimum Gasteiger partial charge on any atom is -0.486 e. The van der Waals surface area contributed by atoms with Gasteiger partial charge in [-0.05, 0) is 66.7 Å². The summed E-state index contributed by atoms with van der Waals surface area (Å²) in [4.78, 5) is 12.6. The summed E-state index contributed by atoms with van der Waals surface area (Å²) in [7, 11) is -3.83. The Balaban J connectivity index is 1.24. The molecule has 0 spiro atoms. The van der Waals surface area contributed by atoms with Crippen LogP contribution < -0.4 is 19.5 Å². The lowest BCUT2D eigenvalue weighted by atomic mass is 10.2. The standard InChI is InChI=1S/C24H20N4O5S/c29-24(17-2-8-20(9-3-17)28-13-1-12-25-28)26-18-4-6-19(7-5-18)27-34(30,31)21-10-11-22-23(16-21)33-15-14-32-22/h1-13,16,27H,14-15H2,(H,26,29). The molecule has 0 aliphatic carbocycles. The summed E-state index contributed by atoms with van der Waals surface area (Å²) in [6.07, 6.45) is 3.50. The predicted octanol–water partition coefficient (Wildman–Crippen LogP) is 3.70. The number of anilines is 2. The number of rotatable bonds is 6. The predicted molar refractivity (Wildman–Crippen MR) is 126 cm³/mol. The van der Waals surface area contributed by atoms with Crippen LogP contribution in [0.3, 0.4) is 0 Å². The van der Waals surface area contributed by atoms with Crippen LogP contribution in [-0.2, 0) is 10.0 Å². The summed E-state index contributed by atoms with van der Waals surface area (Å²) in [6.45, 7) is 0.794. The van der Waals surface area contributed by atoms with E-state index in [9.17, 15) is 13.2 Å². The van der Waals surface area contributed by atoms with Crippen molar-refractivity contribution < 1.29 is 22.7 Å². The van der Waals surface area contributed by atoms with E-state index in [1.807, 2.05) is 12.3 Å². The summed E-state index contributed by atoms with van der Waals surface area (Å²) in [5.41, 5.74) is 2.22. The highest BCUT2D eigenvalue weighted by Crippen LogP contribution is 2.32. The molecule has 172 valence electrons. The third-order valence-electron chi connectivity index (χ3n) is 5.12. The lowest BCUT2D eigenvalue weighted by molar-refractivity contribution is 0.102. The summed E-state index contributed by atoms with van der Waals surface area (Å²) < 4.78 is 40.7. The molecule has 2 N–H and O–H groups in total. The third-order valence-corrected chi connectivity index (χ3v) is 6.50. The Morgan fingerprint density at radius 3 is 2.29 bits per heavy atom. The first-order chi connectivity index (χ1) is 16.5. The summed E-state index contributed by atoms with van der Waals surface area (Å²) >= 11 is 0. The monoisotopic (exact) mass is 476 g/mol. The maximum Gasteiger partial charge on any atom is 0.262 e. The molecule has 9 nitrogen and oxygen atoms in total. The van der Waals surface area contributed by atoms with E-state index in [1.165, 1.54) is 12.1 Å². The fourth-order valence-corrected chi connectivity index (χ4v) is 4.49. The van der Waals surface area contributed by atoms with E-state index in [0.717, 1.165) is 5.69 Å². The van der Waals surface area contributed by atoms with Crippen molar-refractivity contribution in [1.29, 1.82) is 0 Å². The molecule has 1 amide bonds. The van der Waals surface area contributed by atoms with Gasteiger partial charge in [-0.2, -0.15) is 5.10 Å². The second-order valence-corrected chi connectivity index (χ2v) is 9.12. The van der Waals surface area contributed by atoms with Crippen LogP contribution in [0.4, 0.5) is 11.4 Å². The number of fused-ring (bicyclic) bond motifs is 1. The maximum absolute atomic E-state index is 12.8. The average Bonchev–Trinajstić information content (AvgIpc) is 3.40. The van der Waals surface area contributed by atoms with Crippen LogP contribution >= 0.6 is 0 Å². The lowest BCUT2D eigenvalue weighted by Gasteiger charge is -2.19. The Kier molecular flexibility index (Phi) is 5.64. The summed E-state index contributed by atoms with van der Waals surface area (Å²) in [5, 5.41) is 6.96. The Morgan fingerprint density at radius 2 is 1.59 bits per heavy atom. The number of nitrogens with one attached hydrogen (secondary N) is 2. The van der Waals surface area contributed by atoms with Crippen LogP contribution in [-0.4, -0.2) is 37.3 Å². The minimum atomic E-state index is -3.83. The molecule has 0 unspecified atom stereocenters. The van der Waals surface area contributed by atoms with Crippen molar-refractivity contribution >= 4 is 27.3 Å². The van der Waals surface area contributed by atoms with Gasteiger partial charge in [0, 0.05) is 35.4 Å². The number of hydrogen-bond donors (Lipinski definition) is 2. The quantitative estimate of drug-likeness (QED) is 0.439. The molecule has 34 heavy (non-hydrogen) atoms. The van der Waals surface area contributed by atoms with Crippen LogP contribution in [0.25, 0.3) is 5.69 Å². The molecule has 0 fully saturated rings. The van der Waals surface area contributed by atoms with Gasteiger partial charge in [-0.25, -0.2) is 13.1 Å². The molecule has 1 aliphatic heterocycles. The van der Waals surface area contributed by atoms with Gasteiger partial charge in [-0.3, -0.25) is 9.52 Å². The van der Waals surface area contributed by atoms with Gasteiger partial charge in [0.25, 0.3) is 15.9 Å². The Morgan fingerprint density at radius 1 is 0.882 bits per heavy atom. The number of hydrogen-bond acceptors (Lipinski definition) is 6. The number of carbonyl (C=O) groups excluding carboxylic acids is 1. The molecule has 0 bridgehead atoms. The largest absolute Gasteiger partial charge is 0.486 e. The number of sulfonamides is 1. The van der Waals surface area contributed by atoms with Gasteiger partial charge in [0.15, 0.2) is 11.5 Å². The molecule has 1 aromatic heterocycles. The lowest BCUT2D eigenvalue weighted by Crippen LogP contribution is -2.17. The van der Waals surface area contributed by atoms with Gasteiger partial charge in [0.2, 0.25) is 0 Å². The van der Waals surface area contributed by atoms with Crippen molar-refractivity contribution in [3.8, 4) is 17.2 Å². The first-order valence-corrected chi connectivity index (χ1v) is 11.9. The molecule has 5 rings (SSSR count). The SMILES string of the molecule is O=C(Nc1ccc(NS(=O)(=O)c2ccc3c(c2)OCCO3)cc1)c1ccc(-n2cccn2)cc1. The van der Waals surface area contributed by atoms with E-state index in [1.54, 1.807) is 65.5 Å². The molecule has 10 heteroatoms. The minimum absolute atomic E-state index is 0.0627. The van der Waals surface area contributed by atoms with Crippen LogP contribution in [0.5, 0.6) is 11.5 Å². The van der Waals surface area contributed by atoms with Crippen LogP contribution in [0.15, 0.2) is 90.1 Å². The van der Waals surface area contributed by atoms with Crippen molar-refractivity contribution in [1.82, 2.24) is 9.78 Å². The molecule has 0 saturated heterocycles. The van der Waals surface area contributed by atoms with Gasteiger partial charge in [-0.15, -0.1) is 0 Å². The average molecular weight is 477 g/mol. The maximum atomic E-state index is 12.8. The van der Waals surface area contributed by atoms with E-state index in [2.05, 4.69) is 15.1 Å². The second kappa shape index (κ2) is 8.91. The molecular formula is C24H20N4O5S. The normalized spacial score (nSPS) is 12.7. The number of benzene rings is 3. The number of ether oxygens (including phenoxy) is 2. The van der Waals surface area contributed by atoms with Crippen LogP contribution in [0.1, 0.15) is 10.4 Å². The number of nitrogens with zero attached hydrogens (tertiary/aromatic N) is 2. The van der Waals surface area contributed by atoms with E-state index < -0.39 is 10.0 Å². The van der Waals surface area contributed by atoms with E-state index >= 15 is 0 Å². The zero-order chi connectivity index (χ0) is 23.5. The van der Waals surface area contributed by atoms with Crippen LogP contribution in [0, 0.1) is 0 Å².